The molecular weight excluding hydrogens is 1730 g/mol. The van der Waals surface area contributed by atoms with Gasteiger partial charge in [-0.2, -0.15) is 0 Å². The van der Waals surface area contributed by atoms with Gasteiger partial charge in [-0.05, 0) is 351 Å². The highest BCUT2D eigenvalue weighted by molar-refractivity contribution is 6.33. The lowest BCUT2D eigenvalue weighted by Crippen LogP contribution is -1.91. The summed E-state index contributed by atoms with van der Waals surface area (Å²) in [5.41, 5.74) is -0.956. The molecule has 33 aromatic carbocycles. The van der Waals surface area contributed by atoms with Crippen LogP contribution in [0.4, 0.5) is 0 Å². The molecule has 0 saturated heterocycles. The van der Waals surface area contributed by atoms with E-state index in [1.54, 1.807) is 24.3 Å². The summed E-state index contributed by atoms with van der Waals surface area (Å²) in [6, 6.07) is 22.7. The van der Waals surface area contributed by atoms with Crippen molar-refractivity contribution in [3.05, 3.63) is 508 Å². The van der Waals surface area contributed by atoms with Crippen molar-refractivity contribution in [2.45, 2.75) is 0 Å². The monoisotopic (exact) mass is 1870 g/mol. The zero-order valence-electron chi connectivity index (χ0n) is 128. The summed E-state index contributed by atoms with van der Waals surface area (Å²) in [6.07, 6.45) is 0. The van der Waals surface area contributed by atoms with Crippen LogP contribution in [0.2, 0.25) is 0 Å². The van der Waals surface area contributed by atoms with Gasteiger partial charge in [0.25, 0.3) is 0 Å². The van der Waals surface area contributed by atoms with Crippen LogP contribution in [0.25, 0.3) is 326 Å². The maximum Gasteiger partial charge on any atom is 0.0636 e. The van der Waals surface area contributed by atoms with E-state index in [0.717, 1.165) is 81.5 Å². The predicted octanol–water partition coefficient (Wildman–Crippen LogP) is 40.9. The Kier molecular flexibility index (Phi) is 9.63. The highest BCUT2D eigenvalue weighted by atomic mass is 14.3. The van der Waals surface area contributed by atoms with Crippen LogP contribution in [-0.2, 0) is 0 Å². The van der Waals surface area contributed by atoms with Crippen molar-refractivity contribution in [2.24, 2.45) is 0 Å². The lowest BCUT2D eigenvalue weighted by atomic mass is 9.85. The van der Waals surface area contributed by atoms with Gasteiger partial charge in [-0.3, -0.25) is 0 Å². The minimum Gasteiger partial charge on any atom is -0.0616 e. The average molecular weight is 1870 g/mol. The molecule has 0 nitrogen and oxygen atoms in total. The number of fused-ring (bicyclic) bond motifs is 3. The maximum atomic E-state index is 9.77. The van der Waals surface area contributed by atoms with Crippen LogP contribution < -0.4 is 0 Å². The Hall–Kier alpha value is -18.7. The van der Waals surface area contributed by atoms with Crippen LogP contribution in [0.15, 0.2) is 508 Å². The Labute approximate surface area is 905 Å². The number of hydrogen-bond acceptors (Lipinski definition) is 0. The molecule has 0 aliphatic rings. The molecule has 144 heavy (non-hydrogen) atoms. The Morgan fingerprint density at radius 3 is 0.931 bits per heavy atom. The second kappa shape index (κ2) is 31.4. The third kappa shape index (κ3) is 12.3. The second-order valence-corrected chi connectivity index (χ2v) is 35.4. The van der Waals surface area contributed by atoms with Gasteiger partial charge in [0.15, 0.2) is 0 Å². The molecule has 33 rings (SSSR count). The van der Waals surface area contributed by atoms with Crippen molar-refractivity contribution < 1.29 is 74.0 Å². The van der Waals surface area contributed by atoms with Gasteiger partial charge >= 0.3 is 0 Å². The van der Waals surface area contributed by atoms with Crippen molar-refractivity contribution in [1.82, 2.24) is 0 Å². The molecule has 0 heterocycles. The fourth-order valence-electron chi connectivity index (χ4n) is 21.4. The van der Waals surface area contributed by atoms with Crippen LogP contribution in [0.3, 0.4) is 0 Å². The second-order valence-electron chi connectivity index (χ2n) is 35.4. The lowest BCUT2D eigenvalue weighted by molar-refractivity contribution is 1.61. The Balaban J connectivity index is 0.000000124. The molecule has 0 saturated carbocycles. The first kappa shape index (κ1) is 44.2. The maximum absolute atomic E-state index is 9.77. The average Bonchev–Trinajstić information content (AvgIpc) is 0.714. The summed E-state index contributed by atoms with van der Waals surface area (Å²) < 4.78 is 491. The molecule has 0 heteroatoms. The van der Waals surface area contributed by atoms with E-state index < -0.39 is 350 Å². The van der Waals surface area contributed by atoms with Gasteiger partial charge < -0.3 is 0 Å². The van der Waals surface area contributed by atoms with Gasteiger partial charge in [0.1, 0.15) is 0 Å². The number of hydrogen-bond donors (Lipinski definition) is 0. The fraction of sp³-hybridized carbons (Fsp3) is 0. The molecule has 0 radical (unpaired) electrons. The Morgan fingerprint density at radius 1 is 0.111 bits per heavy atom. The minimum absolute atomic E-state index is 0.0235. The van der Waals surface area contributed by atoms with Gasteiger partial charge in [0.2, 0.25) is 0 Å². The first-order chi connectivity index (χ1) is 93.9. The van der Waals surface area contributed by atoms with Crippen LogP contribution >= 0.6 is 0 Å². The normalized spacial score (nSPS) is 17.4. The van der Waals surface area contributed by atoms with Crippen molar-refractivity contribution in [3.8, 4) is 100 Å². The van der Waals surface area contributed by atoms with E-state index in [9.17, 15) is 31.5 Å². The van der Waals surface area contributed by atoms with Crippen LogP contribution in [0.5, 0.6) is 0 Å². The third-order valence-corrected chi connectivity index (χ3v) is 27.8. The highest BCUT2D eigenvalue weighted by Gasteiger charge is 2.25. The van der Waals surface area contributed by atoms with Gasteiger partial charge in [0.05, 0.1) is 74.0 Å². The standard InChI is InChI=1S/3C48H28/c1-2-10-39-29(5-1)19-26-42(40-25-21-37-18-16-32-7-4-9-34-23-28-43(40)48(37)45(32)34)46(39)35-13-11-30(12-14-35)38-24-20-36-17-15-31-6-3-8-33-22-27-41(38)47(36)44(31)33;2*1-2-6-38-28-44(40-24-20-36-18-16-32-8-4-10-34-22-26-42(40)48(36)46(32)34)43(27-37(38)5-1)30-13-11-29(12-14-30)39-23-19-35-17-15-31-7-3-9-33-21-25-41(39)47(35)45(31)33/h3*1-28H/i1D,2D,3D,4D,5D,6D,7D,8D,9D,10D,11D,12D,13D,14D,15D,16D,17D,18D,19D,20D,21D,22D,23D,24D,25D,26D,28D;3D,4D,7D,8D,9D,10D,15D,16D,17D,18D,19D,20D,21D,22D,23D,25D,26D;1D,2D,5D,6D,11D,12D,13D,14D,27D,28D. The molecule has 660 valence electrons. The van der Waals surface area contributed by atoms with E-state index >= 15 is 0 Å². The minimum atomic E-state index is -1.06. The first-order valence-electron chi connectivity index (χ1n) is 72.9. The zero-order chi connectivity index (χ0) is 141. The summed E-state index contributed by atoms with van der Waals surface area (Å²) in [5, 5.41) is 7.30. The molecule has 0 spiro atoms. The molecule has 33 aromatic rings. The topological polar surface area (TPSA) is 0 Å². The van der Waals surface area contributed by atoms with Crippen LogP contribution in [0, 0.1) is 0 Å². The molecule has 0 aliphatic heterocycles. The zero-order valence-corrected chi connectivity index (χ0v) is 74.3. The molecule has 0 bridgehead atoms. The summed E-state index contributed by atoms with van der Waals surface area (Å²) in [6.45, 7) is 0. The third-order valence-electron chi connectivity index (χ3n) is 27.8. The largest absolute Gasteiger partial charge is 0.0636 e. The van der Waals surface area contributed by atoms with Gasteiger partial charge in [-0.15, -0.1) is 0 Å². The molecule has 0 amide bonds. The molecule has 0 aliphatic carbocycles. The number of rotatable bonds is 9. The molecule has 0 N–H and O–H groups in total. The van der Waals surface area contributed by atoms with E-state index in [1.807, 2.05) is 140 Å². The Morgan fingerprint density at radius 2 is 0.410 bits per heavy atom. The molecule has 0 aromatic heterocycles. The van der Waals surface area contributed by atoms with E-state index in [-0.39, 0.29) is 189 Å². The first-order valence-corrected chi connectivity index (χ1v) is 45.9. The fourth-order valence-corrected chi connectivity index (χ4v) is 21.4. The molecule has 0 atom stereocenters. The van der Waals surface area contributed by atoms with Gasteiger partial charge in [0, 0.05) is 0 Å². The summed E-state index contributed by atoms with van der Waals surface area (Å²) in [5.74, 6) is 0. The van der Waals surface area contributed by atoms with Crippen LogP contribution in [0.1, 0.15) is 74.0 Å². The van der Waals surface area contributed by atoms with Gasteiger partial charge in [-0.25, -0.2) is 0 Å². The predicted molar refractivity (Wildman–Crippen MR) is 623 cm³/mol. The van der Waals surface area contributed by atoms with E-state index in [0.29, 0.717) is 38.9 Å². The quantitative estimate of drug-likeness (QED) is 0.126. The van der Waals surface area contributed by atoms with Crippen LogP contribution in [-0.4, -0.2) is 0 Å². The van der Waals surface area contributed by atoms with E-state index in [4.69, 9.17) is 42.5 Å². The van der Waals surface area contributed by atoms with Crippen molar-refractivity contribution in [1.29, 1.82) is 0 Å². The summed E-state index contributed by atoms with van der Waals surface area (Å²) in [4.78, 5) is 0. The molecule has 0 fully saturated rings. The lowest BCUT2D eigenvalue weighted by Gasteiger charge is -2.18. The number of benzene rings is 33. The molecule has 0 unspecified atom stereocenters. The van der Waals surface area contributed by atoms with Crippen molar-refractivity contribution >= 4 is 226 Å². The highest BCUT2D eigenvalue weighted by Crippen LogP contribution is 2.52. The SMILES string of the molecule is [2H]c1c([2H])c(-c2c(-c3c([2H])c([2H])c4c([2H])c([2H])c5c([2H])c([2H])c([2H])c6c([2H])c([2H])c3c4c56)c([2H])c([2H])c3c([2H])c([2H])c([2H])c([2H])c23)c([2H])c([2H])c1-c1c([2H])c([2H])c2c([2H])c([2H])c3c([2H])c([2H])c([2H])c4c([2H])cc1c2c43.[2H]c1c([2H])c(-c2ccc3ccc4cccc5ccc2c3c45)c([2H])c([2H])c1-c1c(-c2ccc3ccc4cccc5ccc2c3c45)c([2H])c2c([2H])c([2H])c([2H])c([2H])c2c1[2H].[2H]c1c([2H])c2c([2H])c([2H])c3c([2H])cc(-c4cc5ccccc5cc4-c4ccc(-c5c([2H])c([2H])c6c([2H])c([2H])c7c([2H])c([2H])c([2H])c8c([2H])c([2H])c5c6c78)cc4)c4c([2H])c([2H])c(c1[2H])c2c34. The molecular formula is C144H84. The van der Waals surface area contributed by atoms with Crippen molar-refractivity contribution in [2.75, 3.05) is 0 Å². The summed E-state index contributed by atoms with van der Waals surface area (Å²) in [7, 11) is 0. The van der Waals surface area contributed by atoms with E-state index in [1.165, 1.54) is 6.07 Å². The van der Waals surface area contributed by atoms with E-state index in [2.05, 4.69) is 6.07 Å². The summed E-state index contributed by atoms with van der Waals surface area (Å²) >= 11 is 0. The van der Waals surface area contributed by atoms with Crippen molar-refractivity contribution in [3.63, 3.8) is 0 Å². The van der Waals surface area contributed by atoms with Gasteiger partial charge in [-0.1, -0.05) is 484 Å². The smallest absolute Gasteiger partial charge is 0.0616 e. The Bertz CT molecular complexity index is 14600.